The molecule has 0 saturated carbocycles. The van der Waals surface area contributed by atoms with Crippen LogP contribution in [0.3, 0.4) is 0 Å². The Morgan fingerprint density at radius 3 is 2.19 bits per heavy atom. The van der Waals surface area contributed by atoms with Crippen molar-refractivity contribution in [1.82, 2.24) is 0 Å². The maximum atomic E-state index is 5.86. The van der Waals surface area contributed by atoms with E-state index in [0.29, 0.717) is 0 Å². The standard InChI is InChI=1S/C14H26OSi/c1-5-9-10-13-11-12-15-14(13)16(6-2,7-3)8-4/h11-12H,5-10H2,1-4H3. The van der Waals surface area contributed by atoms with Gasteiger partial charge < -0.3 is 4.42 Å². The van der Waals surface area contributed by atoms with Crippen LogP contribution in [0.5, 0.6) is 0 Å². The van der Waals surface area contributed by atoms with Crippen LogP contribution < -0.4 is 5.38 Å². The van der Waals surface area contributed by atoms with Crippen LogP contribution in [0.4, 0.5) is 0 Å². The van der Waals surface area contributed by atoms with Crippen LogP contribution in [0.25, 0.3) is 0 Å². The highest BCUT2D eigenvalue weighted by molar-refractivity contribution is 6.91. The van der Waals surface area contributed by atoms with E-state index in [0.717, 1.165) is 0 Å². The van der Waals surface area contributed by atoms with Gasteiger partial charge in [-0.25, -0.2) is 0 Å². The molecule has 0 amide bonds. The van der Waals surface area contributed by atoms with Crippen LogP contribution in [-0.4, -0.2) is 8.07 Å². The molecular formula is C14H26OSi. The van der Waals surface area contributed by atoms with Crippen molar-refractivity contribution in [3.63, 3.8) is 0 Å². The van der Waals surface area contributed by atoms with E-state index >= 15 is 0 Å². The zero-order valence-electron chi connectivity index (χ0n) is 11.3. The molecule has 92 valence electrons. The van der Waals surface area contributed by atoms with Gasteiger partial charge in [0.05, 0.1) is 11.6 Å². The van der Waals surface area contributed by atoms with E-state index in [9.17, 15) is 0 Å². The van der Waals surface area contributed by atoms with Gasteiger partial charge in [0.25, 0.3) is 0 Å². The van der Waals surface area contributed by atoms with Gasteiger partial charge in [0.15, 0.2) is 0 Å². The molecule has 0 N–H and O–H groups in total. The number of aryl methyl sites for hydroxylation is 1. The Morgan fingerprint density at radius 1 is 1.06 bits per heavy atom. The first kappa shape index (κ1) is 13.6. The molecule has 0 aromatic carbocycles. The second-order valence-corrected chi connectivity index (χ2v) is 9.86. The van der Waals surface area contributed by atoms with E-state index in [2.05, 4.69) is 33.8 Å². The fourth-order valence-electron chi connectivity index (χ4n) is 2.60. The van der Waals surface area contributed by atoms with Crippen molar-refractivity contribution in [2.75, 3.05) is 0 Å². The van der Waals surface area contributed by atoms with E-state index in [1.54, 1.807) is 0 Å². The smallest absolute Gasteiger partial charge is 0.131 e. The van der Waals surface area contributed by atoms with Gasteiger partial charge in [0.1, 0.15) is 8.07 Å². The average Bonchev–Trinajstić information content (AvgIpc) is 2.79. The molecule has 0 atom stereocenters. The molecule has 16 heavy (non-hydrogen) atoms. The maximum Gasteiger partial charge on any atom is 0.131 e. The molecule has 2 heteroatoms. The van der Waals surface area contributed by atoms with E-state index in [1.807, 2.05) is 6.26 Å². The fourth-order valence-corrected chi connectivity index (χ4v) is 6.27. The number of hydrogen-bond donors (Lipinski definition) is 0. The van der Waals surface area contributed by atoms with Crippen LogP contribution in [0, 0.1) is 0 Å². The van der Waals surface area contributed by atoms with E-state index in [4.69, 9.17) is 4.42 Å². The van der Waals surface area contributed by atoms with Crippen LogP contribution in [0.2, 0.25) is 18.1 Å². The first-order valence-electron chi connectivity index (χ1n) is 6.80. The summed E-state index contributed by atoms with van der Waals surface area (Å²) in [5.41, 5.74) is 1.50. The Hall–Kier alpha value is -0.503. The number of rotatable bonds is 7. The van der Waals surface area contributed by atoms with Gasteiger partial charge >= 0.3 is 0 Å². The predicted octanol–water partition coefficient (Wildman–Crippen LogP) is 4.34. The summed E-state index contributed by atoms with van der Waals surface area (Å²) in [5, 5.41) is 1.40. The lowest BCUT2D eigenvalue weighted by Crippen LogP contribution is -2.46. The topological polar surface area (TPSA) is 13.1 Å². The molecule has 1 nitrogen and oxygen atoms in total. The second kappa shape index (κ2) is 6.29. The van der Waals surface area contributed by atoms with Gasteiger partial charge in [-0.2, -0.15) is 0 Å². The molecule has 0 spiro atoms. The third-order valence-electron chi connectivity index (χ3n) is 4.06. The summed E-state index contributed by atoms with van der Waals surface area (Å²) in [5.74, 6) is 0. The van der Waals surface area contributed by atoms with Crippen molar-refractivity contribution >= 4 is 13.5 Å². The van der Waals surface area contributed by atoms with Gasteiger partial charge in [-0.3, -0.25) is 0 Å². The van der Waals surface area contributed by atoms with Crippen LogP contribution in [-0.2, 0) is 6.42 Å². The van der Waals surface area contributed by atoms with Gasteiger partial charge in [0, 0.05) is 0 Å². The summed E-state index contributed by atoms with van der Waals surface area (Å²) in [4.78, 5) is 0. The first-order valence-corrected chi connectivity index (χ1v) is 9.43. The Bertz CT molecular complexity index is 291. The number of hydrogen-bond acceptors (Lipinski definition) is 1. The minimum Gasteiger partial charge on any atom is -0.474 e. The molecule has 0 radical (unpaired) electrons. The van der Waals surface area contributed by atoms with Crippen molar-refractivity contribution in [2.24, 2.45) is 0 Å². The molecule has 0 unspecified atom stereocenters. The molecule has 1 rings (SSSR count). The first-order chi connectivity index (χ1) is 7.74. The summed E-state index contributed by atoms with van der Waals surface area (Å²) in [6.07, 6.45) is 5.66. The van der Waals surface area contributed by atoms with Crippen molar-refractivity contribution in [3.05, 3.63) is 17.9 Å². The van der Waals surface area contributed by atoms with Crippen molar-refractivity contribution in [3.8, 4) is 0 Å². The lowest BCUT2D eigenvalue weighted by molar-refractivity contribution is 0.591. The molecule has 0 bridgehead atoms. The zero-order chi connectivity index (χ0) is 12.0. The third kappa shape index (κ3) is 2.60. The fraction of sp³-hybridized carbons (Fsp3) is 0.714. The quantitative estimate of drug-likeness (QED) is 0.644. The van der Waals surface area contributed by atoms with E-state index in [1.165, 1.54) is 48.3 Å². The number of unbranched alkanes of at least 4 members (excludes halogenated alkanes) is 1. The van der Waals surface area contributed by atoms with Crippen LogP contribution in [0.1, 0.15) is 46.1 Å². The summed E-state index contributed by atoms with van der Waals surface area (Å²) in [7, 11) is -1.30. The number of furan rings is 1. The molecule has 0 aliphatic heterocycles. The SMILES string of the molecule is CCCCc1ccoc1[Si](CC)(CC)CC. The Kier molecular flexibility index (Phi) is 5.33. The van der Waals surface area contributed by atoms with Crippen LogP contribution in [0.15, 0.2) is 16.7 Å². The zero-order valence-corrected chi connectivity index (χ0v) is 12.3. The monoisotopic (exact) mass is 238 g/mol. The average molecular weight is 238 g/mol. The van der Waals surface area contributed by atoms with Crippen LogP contribution >= 0.6 is 0 Å². The predicted molar refractivity (Wildman–Crippen MR) is 74.2 cm³/mol. The van der Waals surface area contributed by atoms with Gasteiger partial charge in [-0.1, -0.05) is 52.2 Å². The van der Waals surface area contributed by atoms with Crippen molar-refractivity contribution < 1.29 is 4.42 Å². The molecule has 1 aromatic heterocycles. The Labute approximate surface area is 101 Å². The van der Waals surface area contributed by atoms with E-state index in [-0.39, 0.29) is 0 Å². The summed E-state index contributed by atoms with van der Waals surface area (Å²) >= 11 is 0. The molecule has 0 aliphatic carbocycles. The van der Waals surface area contributed by atoms with Gasteiger partial charge in [-0.05, 0) is 24.5 Å². The minimum absolute atomic E-state index is 1.21. The minimum atomic E-state index is -1.30. The van der Waals surface area contributed by atoms with Crippen molar-refractivity contribution in [1.29, 1.82) is 0 Å². The highest BCUT2D eigenvalue weighted by atomic mass is 28.3. The molecule has 0 fully saturated rings. The lowest BCUT2D eigenvalue weighted by atomic mass is 10.1. The van der Waals surface area contributed by atoms with Crippen molar-refractivity contribution in [2.45, 2.75) is 65.1 Å². The molecule has 0 saturated heterocycles. The Morgan fingerprint density at radius 2 is 1.69 bits per heavy atom. The summed E-state index contributed by atoms with van der Waals surface area (Å²) in [6.45, 7) is 9.27. The molecule has 1 aromatic rings. The molecule has 0 aliphatic rings. The normalized spacial score (nSPS) is 12.0. The lowest BCUT2D eigenvalue weighted by Gasteiger charge is -2.26. The highest BCUT2D eigenvalue weighted by Gasteiger charge is 2.34. The summed E-state index contributed by atoms with van der Waals surface area (Å²) < 4.78 is 5.86. The van der Waals surface area contributed by atoms with Gasteiger partial charge in [-0.15, -0.1) is 0 Å². The maximum absolute atomic E-state index is 5.86. The summed E-state index contributed by atoms with van der Waals surface area (Å²) in [6, 6.07) is 6.14. The van der Waals surface area contributed by atoms with E-state index < -0.39 is 8.07 Å². The third-order valence-corrected chi connectivity index (χ3v) is 9.52. The van der Waals surface area contributed by atoms with Gasteiger partial charge in [0.2, 0.25) is 0 Å². The largest absolute Gasteiger partial charge is 0.474 e. The molecular weight excluding hydrogens is 212 g/mol. The molecule has 1 heterocycles. The highest BCUT2D eigenvalue weighted by Crippen LogP contribution is 2.23. The second-order valence-electron chi connectivity index (χ2n) is 4.72. The Balaban J connectivity index is 2.95.